The van der Waals surface area contributed by atoms with E-state index in [1.165, 1.54) is 5.41 Å². The molecule has 1 atom stereocenters. The van der Waals surface area contributed by atoms with Gasteiger partial charge < -0.3 is 0 Å². The van der Waals surface area contributed by atoms with Gasteiger partial charge in [-0.3, -0.25) is 0 Å². The molecule has 1 saturated heterocycles. The van der Waals surface area contributed by atoms with Crippen molar-refractivity contribution in [3.8, 4) is 0 Å². The lowest BCUT2D eigenvalue weighted by atomic mass is 10.2. The Morgan fingerprint density at radius 3 is 2.68 bits per heavy atom. The summed E-state index contributed by atoms with van der Waals surface area (Å²) in [5, 5.41) is 3.92. The highest BCUT2D eigenvalue weighted by Gasteiger charge is 2.34. The number of hydrogen-bond donors (Lipinski definition) is 0. The van der Waals surface area contributed by atoms with Gasteiger partial charge in [-0.2, -0.15) is 4.31 Å². The first-order chi connectivity index (χ1) is 10.6. The monoisotopic (exact) mass is 353 g/mol. The fourth-order valence-corrected chi connectivity index (χ4v) is 5.14. The first-order valence-corrected chi connectivity index (χ1v) is 9.81. The average Bonchev–Trinajstić information content (AvgIpc) is 3.17. The van der Waals surface area contributed by atoms with E-state index in [1.54, 1.807) is 46.0 Å². The highest BCUT2D eigenvalue weighted by atomic mass is 35.5. The Labute approximate surface area is 139 Å². The molecule has 2 aromatic rings. The lowest BCUT2D eigenvalue weighted by Crippen LogP contribution is -2.28. The van der Waals surface area contributed by atoms with Crippen molar-refractivity contribution in [2.75, 3.05) is 6.54 Å². The molecule has 0 saturated carbocycles. The van der Waals surface area contributed by atoms with E-state index in [1.807, 2.05) is 17.5 Å². The SMILES string of the molecule is O=S(=O)(C=Cc1ccc(Cl)cc1)N1CCCC1c1cccs1. The van der Waals surface area contributed by atoms with Gasteiger partial charge in [-0.1, -0.05) is 29.8 Å². The molecule has 1 aliphatic rings. The van der Waals surface area contributed by atoms with Crippen LogP contribution < -0.4 is 0 Å². The van der Waals surface area contributed by atoms with Crippen molar-refractivity contribution < 1.29 is 8.42 Å². The second kappa shape index (κ2) is 6.54. The summed E-state index contributed by atoms with van der Waals surface area (Å²) >= 11 is 7.44. The summed E-state index contributed by atoms with van der Waals surface area (Å²) in [5.41, 5.74) is 0.819. The van der Waals surface area contributed by atoms with Crippen molar-refractivity contribution in [3.63, 3.8) is 0 Å². The Balaban J connectivity index is 1.81. The van der Waals surface area contributed by atoms with Gasteiger partial charge in [0.15, 0.2) is 0 Å². The van der Waals surface area contributed by atoms with Crippen molar-refractivity contribution in [2.45, 2.75) is 18.9 Å². The van der Waals surface area contributed by atoms with Gasteiger partial charge in [0.05, 0.1) is 6.04 Å². The number of thiophene rings is 1. The third kappa shape index (κ3) is 3.43. The zero-order valence-electron chi connectivity index (χ0n) is 11.9. The Kier molecular flexibility index (Phi) is 4.68. The zero-order valence-corrected chi connectivity index (χ0v) is 14.2. The normalized spacial score (nSPS) is 20.0. The molecule has 6 heteroatoms. The Hall–Kier alpha value is -1.14. The van der Waals surface area contributed by atoms with Gasteiger partial charge in [-0.15, -0.1) is 11.3 Å². The van der Waals surface area contributed by atoms with E-state index in [9.17, 15) is 8.42 Å². The molecule has 1 aromatic carbocycles. The van der Waals surface area contributed by atoms with Crippen LogP contribution in [0.25, 0.3) is 6.08 Å². The summed E-state index contributed by atoms with van der Waals surface area (Å²) < 4.78 is 26.8. The van der Waals surface area contributed by atoms with Crippen LogP contribution in [0.15, 0.2) is 47.2 Å². The van der Waals surface area contributed by atoms with E-state index >= 15 is 0 Å². The van der Waals surface area contributed by atoms with Crippen molar-refractivity contribution in [1.29, 1.82) is 0 Å². The van der Waals surface area contributed by atoms with E-state index in [0.717, 1.165) is 23.3 Å². The van der Waals surface area contributed by atoms with Crippen LogP contribution in [0.1, 0.15) is 29.3 Å². The molecule has 0 radical (unpaired) electrons. The highest BCUT2D eigenvalue weighted by molar-refractivity contribution is 7.92. The van der Waals surface area contributed by atoms with Gasteiger partial charge in [-0.05, 0) is 48.1 Å². The molecule has 0 spiro atoms. The lowest BCUT2D eigenvalue weighted by molar-refractivity contribution is 0.407. The molecule has 0 aliphatic carbocycles. The smallest absolute Gasteiger partial charge is 0.207 e. The molecule has 1 aromatic heterocycles. The number of nitrogens with zero attached hydrogens (tertiary/aromatic N) is 1. The molecule has 1 aliphatic heterocycles. The standard InChI is InChI=1S/C16H16ClNO2S2/c17-14-7-5-13(6-8-14)9-12-22(19,20)18-10-1-3-15(18)16-4-2-11-21-16/h2,4-9,11-12,15H,1,3,10H2. The van der Waals surface area contributed by atoms with E-state index < -0.39 is 10.0 Å². The van der Waals surface area contributed by atoms with Crippen LogP contribution in [0, 0.1) is 0 Å². The van der Waals surface area contributed by atoms with E-state index in [0.29, 0.717) is 11.6 Å². The van der Waals surface area contributed by atoms with Crippen molar-refractivity contribution in [3.05, 3.63) is 62.6 Å². The predicted octanol–water partition coefficient (Wildman–Crippen LogP) is 4.54. The maximum Gasteiger partial charge on any atom is 0.236 e. The summed E-state index contributed by atoms with van der Waals surface area (Å²) in [6.07, 6.45) is 3.40. The third-order valence-corrected chi connectivity index (χ3v) is 6.50. The fourth-order valence-electron chi connectivity index (χ4n) is 2.63. The summed E-state index contributed by atoms with van der Waals surface area (Å²) in [7, 11) is -3.42. The lowest BCUT2D eigenvalue weighted by Gasteiger charge is -2.21. The Morgan fingerprint density at radius 2 is 2.00 bits per heavy atom. The maximum absolute atomic E-state index is 12.6. The molecule has 2 heterocycles. The van der Waals surface area contributed by atoms with Gasteiger partial charge in [0.1, 0.15) is 0 Å². The number of sulfonamides is 1. The Bertz CT molecular complexity index is 752. The van der Waals surface area contributed by atoms with Crippen molar-refractivity contribution in [2.24, 2.45) is 0 Å². The molecule has 3 rings (SSSR count). The van der Waals surface area contributed by atoms with E-state index in [2.05, 4.69) is 0 Å². The summed E-state index contributed by atoms with van der Waals surface area (Å²) in [4.78, 5) is 1.11. The summed E-state index contributed by atoms with van der Waals surface area (Å²) in [6, 6.07) is 11.0. The maximum atomic E-state index is 12.6. The van der Waals surface area contributed by atoms with Gasteiger partial charge in [0.2, 0.25) is 10.0 Å². The molecule has 0 amide bonds. The highest BCUT2D eigenvalue weighted by Crippen LogP contribution is 2.36. The second-order valence-electron chi connectivity index (χ2n) is 5.18. The topological polar surface area (TPSA) is 37.4 Å². The van der Waals surface area contributed by atoms with Crippen LogP contribution in [0.3, 0.4) is 0 Å². The van der Waals surface area contributed by atoms with Crippen LogP contribution in [-0.2, 0) is 10.0 Å². The van der Waals surface area contributed by atoms with E-state index in [4.69, 9.17) is 11.6 Å². The molecule has 3 nitrogen and oxygen atoms in total. The van der Waals surface area contributed by atoms with Crippen molar-refractivity contribution in [1.82, 2.24) is 4.31 Å². The second-order valence-corrected chi connectivity index (χ2v) is 8.37. The van der Waals surface area contributed by atoms with Crippen LogP contribution in [-0.4, -0.2) is 19.3 Å². The number of halogens is 1. The van der Waals surface area contributed by atoms with Crippen molar-refractivity contribution >= 4 is 39.0 Å². The molecular formula is C16H16ClNO2S2. The summed E-state index contributed by atoms with van der Waals surface area (Å²) in [6.45, 7) is 0.579. The molecule has 0 bridgehead atoms. The quantitative estimate of drug-likeness (QED) is 0.809. The average molecular weight is 354 g/mol. The first kappa shape index (κ1) is 15.7. The zero-order chi connectivity index (χ0) is 15.6. The van der Waals surface area contributed by atoms with Gasteiger partial charge in [-0.25, -0.2) is 8.42 Å². The van der Waals surface area contributed by atoms with Gasteiger partial charge in [0.25, 0.3) is 0 Å². The molecular weight excluding hydrogens is 338 g/mol. The minimum absolute atomic E-state index is 0.0279. The third-order valence-electron chi connectivity index (χ3n) is 3.70. The largest absolute Gasteiger partial charge is 0.236 e. The van der Waals surface area contributed by atoms with Gasteiger partial charge >= 0.3 is 0 Å². The fraction of sp³-hybridized carbons (Fsp3) is 0.250. The van der Waals surface area contributed by atoms with Crippen LogP contribution >= 0.6 is 22.9 Å². The number of rotatable bonds is 4. The van der Waals surface area contributed by atoms with Crippen LogP contribution in [0.5, 0.6) is 0 Å². The molecule has 0 N–H and O–H groups in total. The summed E-state index contributed by atoms with van der Waals surface area (Å²) in [5.74, 6) is 0. The molecule has 116 valence electrons. The molecule has 1 fully saturated rings. The van der Waals surface area contributed by atoms with Gasteiger partial charge in [0, 0.05) is 21.9 Å². The Morgan fingerprint density at radius 1 is 1.23 bits per heavy atom. The van der Waals surface area contributed by atoms with Crippen LogP contribution in [0.4, 0.5) is 0 Å². The minimum atomic E-state index is -3.42. The molecule has 22 heavy (non-hydrogen) atoms. The number of benzene rings is 1. The molecule has 1 unspecified atom stereocenters. The van der Waals surface area contributed by atoms with Crippen LogP contribution in [0.2, 0.25) is 5.02 Å². The minimum Gasteiger partial charge on any atom is -0.207 e. The first-order valence-electron chi connectivity index (χ1n) is 7.05. The number of hydrogen-bond acceptors (Lipinski definition) is 3. The van der Waals surface area contributed by atoms with E-state index in [-0.39, 0.29) is 6.04 Å². The predicted molar refractivity (Wildman–Crippen MR) is 92.4 cm³/mol.